The third kappa shape index (κ3) is 2.28. The summed E-state index contributed by atoms with van der Waals surface area (Å²) in [4.78, 5) is 8.65. The molecule has 72 valence electrons. The monoisotopic (exact) mass is 186 g/mol. The highest BCUT2D eigenvalue weighted by molar-refractivity contribution is 5.61. The summed E-state index contributed by atoms with van der Waals surface area (Å²) in [6, 6.07) is 5.99. The number of pyridine rings is 1. The number of aromatic nitrogens is 1. The van der Waals surface area contributed by atoms with Crippen molar-refractivity contribution in [3.8, 4) is 0 Å². The van der Waals surface area contributed by atoms with Gasteiger partial charge in [-0.15, -0.1) is 0 Å². The lowest BCUT2D eigenvalue weighted by atomic mass is 10.0. The van der Waals surface area contributed by atoms with E-state index in [1.807, 2.05) is 30.6 Å². The minimum atomic E-state index is 0.617. The van der Waals surface area contributed by atoms with Gasteiger partial charge in [0.05, 0.1) is 0 Å². The van der Waals surface area contributed by atoms with Gasteiger partial charge in [0.2, 0.25) is 0 Å². The molecule has 1 aliphatic rings. The van der Waals surface area contributed by atoms with Crippen LogP contribution in [-0.2, 0) is 6.42 Å². The van der Waals surface area contributed by atoms with Crippen LogP contribution in [-0.4, -0.2) is 11.2 Å². The molecular weight excluding hydrogens is 172 g/mol. The lowest BCUT2D eigenvalue weighted by molar-refractivity contribution is 0.746. The third-order valence-electron chi connectivity index (χ3n) is 2.30. The molecule has 1 unspecified atom stereocenters. The van der Waals surface area contributed by atoms with Gasteiger partial charge in [-0.25, -0.2) is 0 Å². The molecule has 1 aromatic heterocycles. The van der Waals surface area contributed by atoms with Crippen molar-refractivity contribution >= 4 is 6.21 Å². The maximum Gasteiger partial charge on any atom is 0.0463 e. The maximum absolute atomic E-state index is 4.37. The second-order valence-electron chi connectivity index (χ2n) is 3.68. The normalized spacial score (nSPS) is 20.6. The molecule has 1 aliphatic heterocycles. The Bertz CT molecular complexity index is 352. The first kappa shape index (κ1) is 9.13. The molecule has 2 rings (SSSR count). The smallest absolute Gasteiger partial charge is 0.0463 e. The van der Waals surface area contributed by atoms with Crippen LogP contribution in [0.25, 0.3) is 0 Å². The first-order valence-electron chi connectivity index (χ1n) is 4.98. The Morgan fingerprint density at radius 2 is 2.36 bits per heavy atom. The fourth-order valence-corrected chi connectivity index (χ4v) is 1.57. The van der Waals surface area contributed by atoms with Gasteiger partial charge in [0.15, 0.2) is 0 Å². The van der Waals surface area contributed by atoms with Crippen LogP contribution in [0.15, 0.2) is 41.2 Å². The van der Waals surface area contributed by atoms with Crippen molar-refractivity contribution in [1.29, 1.82) is 0 Å². The standard InChI is InChI=1S/C12H14N2/c1-10-5-7-14-12(8-10)9-11-4-2-3-6-13-11/h2-4,6-8,10H,5,9H2,1H3. The van der Waals surface area contributed by atoms with Crippen molar-refractivity contribution < 1.29 is 0 Å². The quantitative estimate of drug-likeness (QED) is 0.697. The number of aliphatic imine (C=N–C) groups is 1. The van der Waals surface area contributed by atoms with Crippen LogP contribution in [0.4, 0.5) is 0 Å². The second kappa shape index (κ2) is 4.18. The predicted octanol–water partition coefficient (Wildman–Crippen LogP) is 2.62. The summed E-state index contributed by atoms with van der Waals surface area (Å²) in [7, 11) is 0. The van der Waals surface area contributed by atoms with Crippen molar-refractivity contribution in [1.82, 2.24) is 4.98 Å². The zero-order valence-electron chi connectivity index (χ0n) is 8.35. The summed E-state index contributed by atoms with van der Waals surface area (Å²) in [6.07, 6.45) is 7.97. The Labute approximate surface area is 84.4 Å². The molecule has 0 saturated carbocycles. The maximum atomic E-state index is 4.37. The molecule has 0 fully saturated rings. The molecule has 2 heterocycles. The Morgan fingerprint density at radius 1 is 1.43 bits per heavy atom. The second-order valence-corrected chi connectivity index (χ2v) is 3.68. The Kier molecular flexibility index (Phi) is 2.73. The van der Waals surface area contributed by atoms with E-state index in [0.29, 0.717) is 5.92 Å². The number of hydrogen-bond acceptors (Lipinski definition) is 2. The van der Waals surface area contributed by atoms with Gasteiger partial charge in [0.1, 0.15) is 0 Å². The van der Waals surface area contributed by atoms with E-state index in [0.717, 1.165) is 24.2 Å². The van der Waals surface area contributed by atoms with Crippen LogP contribution in [0.2, 0.25) is 0 Å². The summed E-state index contributed by atoms with van der Waals surface area (Å²) < 4.78 is 0. The van der Waals surface area contributed by atoms with Crippen molar-refractivity contribution in [2.45, 2.75) is 19.8 Å². The molecule has 0 aromatic carbocycles. The first-order valence-corrected chi connectivity index (χ1v) is 4.98. The van der Waals surface area contributed by atoms with E-state index in [1.54, 1.807) is 0 Å². The number of allylic oxidation sites excluding steroid dienone is 2. The molecule has 0 bridgehead atoms. The van der Waals surface area contributed by atoms with Crippen LogP contribution in [0.1, 0.15) is 19.0 Å². The van der Waals surface area contributed by atoms with Gasteiger partial charge in [-0.3, -0.25) is 9.98 Å². The molecule has 14 heavy (non-hydrogen) atoms. The summed E-state index contributed by atoms with van der Waals surface area (Å²) in [5.41, 5.74) is 2.23. The average molecular weight is 186 g/mol. The minimum Gasteiger partial charge on any atom is -0.266 e. The summed E-state index contributed by atoms with van der Waals surface area (Å²) in [5, 5.41) is 0. The van der Waals surface area contributed by atoms with Crippen molar-refractivity contribution in [2.24, 2.45) is 10.9 Å². The number of rotatable bonds is 2. The average Bonchev–Trinajstić information content (AvgIpc) is 2.19. The number of nitrogens with zero attached hydrogens (tertiary/aromatic N) is 2. The van der Waals surface area contributed by atoms with E-state index in [-0.39, 0.29) is 0 Å². The fraction of sp³-hybridized carbons (Fsp3) is 0.333. The summed E-state index contributed by atoms with van der Waals surface area (Å²) in [5.74, 6) is 0.617. The van der Waals surface area contributed by atoms with Gasteiger partial charge in [0, 0.05) is 30.2 Å². The van der Waals surface area contributed by atoms with Crippen molar-refractivity contribution in [2.75, 3.05) is 0 Å². The highest BCUT2D eigenvalue weighted by atomic mass is 14.8. The van der Waals surface area contributed by atoms with Crippen LogP contribution < -0.4 is 0 Å². The van der Waals surface area contributed by atoms with Gasteiger partial charge in [-0.2, -0.15) is 0 Å². The van der Waals surface area contributed by atoms with Gasteiger partial charge in [0.25, 0.3) is 0 Å². The van der Waals surface area contributed by atoms with Crippen molar-refractivity contribution in [3.05, 3.63) is 41.9 Å². The summed E-state index contributed by atoms with van der Waals surface area (Å²) in [6.45, 7) is 2.21. The van der Waals surface area contributed by atoms with Gasteiger partial charge < -0.3 is 0 Å². The molecule has 0 amide bonds. The zero-order chi connectivity index (χ0) is 9.80. The largest absolute Gasteiger partial charge is 0.266 e. The summed E-state index contributed by atoms with van der Waals surface area (Å²) >= 11 is 0. The molecular formula is C12H14N2. The highest BCUT2D eigenvalue weighted by Gasteiger charge is 2.06. The molecule has 1 atom stereocenters. The van der Waals surface area contributed by atoms with E-state index in [9.17, 15) is 0 Å². The van der Waals surface area contributed by atoms with Crippen molar-refractivity contribution in [3.63, 3.8) is 0 Å². The lowest BCUT2D eigenvalue weighted by Gasteiger charge is -2.10. The van der Waals surface area contributed by atoms with Gasteiger partial charge in [-0.05, 0) is 24.5 Å². The Balaban J connectivity index is 2.08. The molecule has 0 radical (unpaired) electrons. The molecule has 2 nitrogen and oxygen atoms in total. The van der Waals surface area contributed by atoms with E-state index in [4.69, 9.17) is 0 Å². The SMILES string of the molecule is CC1C=C(Cc2ccccn2)N=CC1. The van der Waals surface area contributed by atoms with E-state index in [2.05, 4.69) is 23.0 Å². The third-order valence-corrected chi connectivity index (χ3v) is 2.30. The molecule has 1 aromatic rings. The topological polar surface area (TPSA) is 25.2 Å². The predicted molar refractivity (Wildman–Crippen MR) is 58.3 cm³/mol. The molecule has 2 heteroatoms. The van der Waals surface area contributed by atoms with Crippen LogP contribution in [0, 0.1) is 5.92 Å². The van der Waals surface area contributed by atoms with Gasteiger partial charge >= 0.3 is 0 Å². The van der Waals surface area contributed by atoms with E-state index < -0.39 is 0 Å². The zero-order valence-corrected chi connectivity index (χ0v) is 8.35. The first-order chi connectivity index (χ1) is 6.84. The highest BCUT2D eigenvalue weighted by Crippen LogP contribution is 2.15. The van der Waals surface area contributed by atoms with E-state index in [1.165, 1.54) is 0 Å². The fourth-order valence-electron chi connectivity index (χ4n) is 1.57. The van der Waals surface area contributed by atoms with Crippen LogP contribution >= 0.6 is 0 Å². The minimum absolute atomic E-state index is 0.617. The number of hydrogen-bond donors (Lipinski definition) is 0. The molecule has 0 spiro atoms. The van der Waals surface area contributed by atoms with Crippen LogP contribution in [0.3, 0.4) is 0 Å². The molecule has 0 aliphatic carbocycles. The van der Waals surface area contributed by atoms with E-state index >= 15 is 0 Å². The Morgan fingerprint density at radius 3 is 3.07 bits per heavy atom. The van der Waals surface area contributed by atoms with Gasteiger partial charge in [-0.1, -0.05) is 19.1 Å². The van der Waals surface area contributed by atoms with Crippen LogP contribution in [0.5, 0.6) is 0 Å². The molecule has 0 N–H and O–H groups in total. The Hall–Kier alpha value is -1.44. The lowest BCUT2D eigenvalue weighted by Crippen LogP contribution is -2.01. The molecule has 0 saturated heterocycles.